The van der Waals surface area contributed by atoms with Gasteiger partial charge in [0.05, 0.1) is 29.4 Å². The van der Waals surface area contributed by atoms with Gasteiger partial charge in [-0.3, -0.25) is 9.59 Å². The average Bonchev–Trinajstić information content (AvgIpc) is 2.75. The molecular weight excluding hydrogens is 422 g/mol. The molecule has 7 N–H and O–H groups in total. The summed E-state index contributed by atoms with van der Waals surface area (Å²) in [6.07, 6.45) is 3.11. The van der Waals surface area contributed by atoms with Crippen LogP contribution < -0.4 is 27.4 Å². The highest BCUT2D eigenvalue weighted by molar-refractivity contribution is 5.95. The smallest absolute Gasteiger partial charge is 0.222 e. The third-order valence-electron chi connectivity index (χ3n) is 6.16. The number of hydrogen-bond acceptors (Lipinski definition) is 8. The zero-order valence-electron chi connectivity index (χ0n) is 22.1. The molecule has 0 aliphatic carbocycles. The lowest BCUT2D eigenvalue weighted by Gasteiger charge is -2.32. The highest BCUT2D eigenvalue weighted by Crippen LogP contribution is 2.21. The van der Waals surface area contributed by atoms with Gasteiger partial charge in [0.15, 0.2) is 5.78 Å². The number of nitrogens with two attached hydrogens (primary N) is 2. The van der Waals surface area contributed by atoms with Crippen molar-refractivity contribution in [3.63, 3.8) is 0 Å². The summed E-state index contributed by atoms with van der Waals surface area (Å²) in [7, 11) is 1.71. The maximum absolute atomic E-state index is 13.0. The fourth-order valence-electron chi connectivity index (χ4n) is 3.30. The summed E-state index contributed by atoms with van der Waals surface area (Å²) in [4.78, 5) is 25.1. The molecule has 0 bridgehead atoms. The Morgan fingerprint density at radius 1 is 0.970 bits per heavy atom. The molecule has 0 aliphatic rings. The molecule has 0 fully saturated rings. The number of ether oxygens (including phenoxy) is 2. The van der Waals surface area contributed by atoms with E-state index in [4.69, 9.17) is 20.9 Å². The number of amides is 1. The monoisotopic (exact) mass is 473 g/mol. The molecule has 0 radical (unpaired) electrons. The van der Waals surface area contributed by atoms with Crippen molar-refractivity contribution in [2.24, 2.45) is 11.5 Å². The van der Waals surface area contributed by atoms with E-state index in [0.717, 1.165) is 19.3 Å². The van der Waals surface area contributed by atoms with Crippen molar-refractivity contribution in [3.8, 4) is 0 Å². The number of Topliss-reactive ketones (excluding diaryl/α,β-unsaturated/α-hetero) is 1. The predicted molar refractivity (Wildman–Crippen MR) is 134 cm³/mol. The first-order valence-electron chi connectivity index (χ1n) is 12.2. The molecule has 196 valence electrons. The minimum atomic E-state index is -0.844. The van der Waals surface area contributed by atoms with Gasteiger partial charge in [-0.05, 0) is 66.8 Å². The lowest BCUT2D eigenvalue weighted by Crippen LogP contribution is -2.56. The Balaban J connectivity index is 4.43. The van der Waals surface area contributed by atoms with E-state index < -0.39 is 11.6 Å². The third kappa shape index (κ3) is 14.0. The van der Waals surface area contributed by atoms with Crippen molar-refractivity contribution in [1.82, 2.24) is 16.0 Å². The van der Waals surface area contributed by atoms with Gasteiger partial charge in [0, 0.05) is 39.7 Å². The second-order valence-corrected chi connectivity index (χ2v) is 10.1. The quantitative estimate of drug-likeness (QED) is 0.166. The van der Waals surface area contributed by atoms with Gasteiger partial charge >= 0.3 is 0 Å². The summed E-state index contributed by atoms with van der Waals surface area (Å²) in [5.41, 5.74) is 10.3. The van der Waals surface area contributed by atoms with E-state index in [2.05, 4.69) is 29.8 Å². The number of rotatable bonds is 20. The number of methoxy groups -OCH3 is 1. The summed E-state index contributed by atoms with van der Waals surface area (Å²) in [6, 6.07) is -0.844. The van der Waals surface area contributed by atoms with Gasteiger partial charge in [-0.15, -0.1) is 0 Å². The van der Waals surface area contributed by atoms with Gasteiger partial charge in [-0.25, -0.2) is 0 Å². The zero-order chi connectivity index (χ0) is 25.5. The van der Waals surface area contributed by atoms with Gasteiger partial charge in [-0.2, -0.15) is 0 Å². The summed E-state index contributed by atoms with van der Waals surface area (Å²) < 4.78 is 11.5. The second kappa shape index (κ2) is 15.7. The van der Waals surface area contributed by atoms with Crippen LogP contribution in [0.4, 0.5) is 0 Å². The topological polar surface area (TPSA) is 141 Å². The van der Waals surface area contributed by atoms with E-state index in [0.29, 0.717) is 45.8 Å². The van der Waals surface area contributed by atoms with Crippen LogP contribution in [0.25, 0.3) is 0 Å². The van der Waals surface area contributed by atoms with Gasteiger partial charge < -0.3 is 36.9 Å². The second-order valence-electron chi connectivity index (χ2n) is 10.1. The summed E-state index contributed by atoms with van der Waals surface area (Å²) in [6.45, 7) is 15.7. The Kier molecular flexibility index (Phi) is 15.2. The van der Waals surface area contributed by atoms with E-state index in [1.807, 2.05) is 27.7 Å². The molecule has 0 rings (SSSR count). The molecule has 9 heteroatoms. The standard InChI is InChI=1S/C24H51N5O4/c1-8-24(6,21(31)19(26)18-20(30)28-16-15-27-14-12-25)29-13-9-10-23(4,5)33-17-11-22(2,3)32-7/h19,27,29H,8-18,25-26H2,1-7H3,(H,28,30). The molecule has 0 aromatic rings. The molecule has 2 unspecified atom stereocenters. The van der Waals surface area contributed by atoms with Crippen LogP contribution in [0.2, 0.25) is 0 Å². The maximum Gasteiger partial charge on any atom is 0.222 e. The van der Waals surface area contributed by atoms with Gasteiger partial charge in [0.1, 0.15) is 0 Å². The van der Waals surface area contributed by atoms with E-state index in [1.54, 1.807) is 7.11 Å². The highest BCUT2D eigenvalue weighted by Gasteiger charge is 2.35. The minimum absolute atomic E-state index is 0.0221. The molecule has 1 amide bonds. The fraction of sp³-hybridized carbons (Fsp3) is 0.917. The molecule has 0 saturated carbocycles. The molecule has 9 nitrogen and oxygen atoms in total. The van der Waals surface area contributed by atoms with Crippen molar-refractivity contribution in [2.45, 2.75) is 96.4 Å². The number of carbonyl (C=O) groups is 2. The average molecular weight is 474 g/mol. The largest absolute Gasteiger partial charge is 0.379 e. The van der Waals surface area contributed by atoms with E-state index in [9.17, 15) is 9.59 Å². The lowest BCUT2D eigenvalue weighted by molar-refractivity contribution is -0.130. The van der Waals surface area contributed by atoms with Crippen LogP contribution in [0.15, 0.2) is 0 Å². The predicted octanol–water partition coefficient (Wildman–Crippen LogP) is 1.09. The van der Waals surface area contributed by atoms with Crippen LogP contribution in [0.5, 0.6) is 0 Å². The summed E-state index contributed by atoms with van der Waals surface area (Å²) >= 11 is 0. The van der Waals surface area contributed by atoms with E-state index >= 15 is 0 Å². The molecule has 33 heavy (non-hydrogen) atoms. The van der Waals surface area contributed by atoms with E-state index in [1.165, 1.54) is 0 Å². The van der Waals surface area contributed by atoms with Crippen LogP contribution in [0, 0.1) is 0 Å². The lowest BCUT2D eigenvalue weighted by atomic mass is 9.87. The Morgan fingerprint density at radius 2 is 1.64 bits per heavy atom. The molecule has 0 heterocycles. The molecule has 0 aliphatic heterocycles. The molecule has 0 spiro atoms. The van der Waals surface area contributed by atoms with Crippen LogP contribution in [-0.4, -0.2) is 80.9 Å². The van der Waals surface area contributed by atoms with Crippen LogP contribution in [-0.2, 0) is 19.1 Å². The molecular formula is C24H51N5O4. The Morgan fingerprint density at radius 3 is 2.21 bits per heavy atom. The Labute approximate surface area is 201 Å². The summed E-state index contributed by atoms with van der Waals surface area (Å²) in [5.74, 6) is -0.363. The normalized spacial score (nSPS) is 15.2. The highest BCUT2D eigenvalue weighted by atomic mass is 16.5. The van der Waals surface area contributed by atoms with Crippen molar-refractivity contribution in [1.29, 1.82) is 0 Å². The molecule has 0 saturated heterocycles. The van der Waals surface area contributed by atoms with Crippen LogP contribution in [0.1, 0.15) is 73.6 Å². The van der Waals surface area contributed by atoms with Crippen LogP contribution in [0.3, 0.4) is 0 Å². The fourth-order valence-corrected chi connectivity index (χ4v) is 3.30. The minimum Gasteiger partial charge on any atom is -0.379 e. The van der Waals surface area contributed by atoms with Gasteiger partial charge in [-0.1, -0.05) is 6.92 Å². The number of hydrogen-bond donors (Lipinski definition) is 5. The van der Waals surface area contributed by atoms with Gasteiger partial charge in [0.2, 0.25) is 5.91 Å². The number of ketones is 1. The number of carbonyl (C=O) groups excluding carboxylic acids is 2. The molecule has 0 aromatic heterocycles. The first-order chi connectivity index (χ1) is 15.3. The maximum atomic E-state index is 13.0. The zero-order valence-corrected chi connectivity index (χ0v) is 22.1. The Bertz CT molecular complexity index is 571. The molecule has 2 atom stereocenters. The number of nitrogens with one attached hydrogen (secondary N) is 3. The van der Waals surface area contributed by atoms with Gasteiger partial charge in [0.25, 0.3) is 0 Å². The van der Waals surface area contributed by atoms with Crippen molar-refractivity contribution in [3.05, 3.63) is 0 Å². The third-order valence-corrected chi connectivity index (χ3v) is 6.16. The first-order valence-corrected chi connectivity index (χ1v) is 12.2. The van der Waals surface area contributed by atoms with Crippen molar-refractivity contribution < 1.29 is 19.1 Å². The van der Waals surface area contributed by atoms with Crippen molar-refractivity contribution >= 4 is 11.7 Å². The first kappa shape index (κ1) is 31.9. The van der Waals surface area contributed by atoms with Crippen LogP contribution >= 0.6 is 0 Å². The summed E-state index contributed by atoms with van der Waals surface area (Å²) in [5, 5.41) is 9.25. The van der Waals surface area contributed by atoms with Crippen molar-refractivity contribution in [2.75, 3.05) is 46.4 Å². The molecule has 0 aromatic carbocycles. The van der Waals surface area contributed by atoms with E-state index in [-0.39, 0.29) is 29.3 Å². The Hall–Kier alpha value is -1.10. The SMILES string of the molecule is CCC(C)(NCCCC(C)(C)OCCC(C)(C)OC)C(=O)C(N)CC(=O)NCCNCCN.